The van der Waals surface area contributed by atoms with E-state index < -0.39 is 11.7 Å². The number of benzene rings is 3. The van der Waals surface area contributed by atoms with E-state index >= 15 is 0 Å². The van der Waals surface area contributed by atoms with Crippen molar-refractivity contribution in [3.8, 4) is 22.8 Å². The summed E-state index contributed by atoms with van der Waals surface area (Å²) in [6.45, 7) is 3.48. The molecule has 0 spiro atoms. The van der Waals surface area contributed by atoms with E-state index in [4.69, 9.17) is 4.52 Å². The molecule has 2 aromatic heterocycles. The molecule has 8 nitrogen and oxygen atoms in total. The van der Waals surface area contributed by atoms with Crippen LogP contribution in [0.4, 0.5) is 13.2 Å². The number of halogens is 3. The van der Waals surface area contributed by atoms with Crippen LogP contribution in [0.2, 0.25) is 0 Å². The summed E-state index contributed by atoms with van der Waals surface area (Å²) in [6, 6.07) is 17.9. The Kier molecular flexibility index (Phi) is 6.57. The molecular formula is C27H21F3N6O2S. The second-order valence-corrected chi connectivity index (χ2v) is 10.0. The zero-order valence-corrected chi connectivity index (χ0v) is 21.2. The molecule has 1 fully saturated rings. The van der Waals surface area contributed by atoms with E-state index in [2.05, 4.69) is 24.6 Å². The van der Waals surface area contributed by atoms with Crippen LogP contribution in [0.5, 0.6) is 0 Å². The highest BCUT2D eigenvalue weighted by atomic mass is 32.1. The fraction of sp³-hybridized carbons (Fsp3) is 0.222. The third-order valence-electron chi connectivity index (χ3n) is 6.63. The standard InChI is InChI=1S/C27H21F3N6O2S/c28-27(29,30)21-3-1-2-19(14-21)25-31-24(33-38-25)18-6-4-17(5-7-18)16-35-10-12-36(13-11-35)26(37)20-8-9-23-22(15-20)32-34-39-23/h1-9,14-15H,10-13,16H2. The van der Waals surface area contributed by atoms with E-state index in [0.29, 0.717) is 30.0 Å². The van der Waals surface area contributed by atoms with Gasteiger partial charge in [-0.15, -0.1) is 5.10 Å². The summed E-state index contributed by atoms with van der Waals surface area (Å²) in [5.74, 6) is 0.321. The number of alkyl halides is 3. The number of hydrogen-bond donors (Lipinski definition) is 0. The molecule has 1 amide bonds. The molecule has 3 heterocycles. The van der Waals surface area contributed by atoms with Crippen molar-refractivity contribution >= 4 is 27.7 Å². The highest BCUT2D eigenvalue weighted by Crippen LogP contribution is 2.32. The number of hydrogen-bond acceptors (Lipinski definition) is 8. The maximum absolute atomic E-state index is 13.0. The lowest BCUT2D eigenvalue weighted by Crippen LogP contribution is -2.48. The predicted octanol–water partition coefficient (Wildman–Crippen LogP) is 5.39. The summed E-state index contributed by atoms with van der Waals surface area (Å²) in [5, 5.41) is 8.00. The van der Waals surface area contributed by atoms with Gasteiger partial charge in [-0.3, -0.25) is 9.69 Å². The molecule has 39 heavy (non-hydrogen) atoms. The lowest BCUT2D eigenvalue weighted by atomic mass is 10.1. The van der Waals surface area contributed by atoms with Crippen LogP contribution >= 0.6 is 11.5 Å². The van der Waals surface area contributed by atoms with Crippen molar-refractivity contribution in [2.45, 2.75) is 12.7 Å². The molecule has 12 heteroatoms. The number of amides is 1. The second kappa shape index (κ2) is 10.2. The molecule has 0 radical (unpaired) electrons. The summed E-state index contributed by atoms with van der Waals surface area (Å²) < 4.78 is 49.2. The number of carbonyl (C=O) groups is 1. The number of carbonyl (C=O) groups excluding carboxylic acids is 1. The molecular weight excluding hydrogens is 529 g/mol. The first kappa shape index (κ1) is 25.1. The van der Waals surface area contributed by atoms with Crippen LogP contribution in [-0.2, 0) is 12.7 Å². The molecule has 0 atom stereocenters. The molecule has 1 aliphatic rings. The highest BCUT2D eigenvalue weighted by Gasteiger charge is 2.31. The SMILES string of the molecule is O=C(c1ccc2snnc2c1)N1CCN(Cc2ccc(-c3noc(-c4cccc(C(F)(F)F)c4)n3)cc2)CC1. The zero-order valence-electron chi connectivity index (χ0n) is 20.4. The van der Waals surface area contributed by atoms with Crippen molar-refractivity contribution in [2.24, 2.45) is 0 Å². The molecule has 6 rings (SSSR count). The molecule has 1 aliphatic heterocycles. The summed E-state index contributed by atoms with van der Waals surface area (Å²) >= 11 is 1.31. The summed E-state index contributed by atoms with van der Waals surface area (Å²) in [4.78, 5) is 21.4. The molecule has 0 N–H and O–H groups in total. The Balaban J connectivity index is 1.06. The topological polar surface area (TPSA) is 88.3 Å². The summed E-state index contributed by atoms with van der Waals surface area (Å²) in [5.41, 5.74) is 2.57. The maximum atomic E-state index is 13.0. The lowest BCUT2D eigenvalue weighted by Gasteiger charge is -2.34. The molecule has 198 valence electrons. The van der Waals surface area contributed by atoms with Gasteiger partial charge in [0, 0.05) is 49.4 Å². The van der Waals surface area contributed by atoms with Gasteiger partial charge >= 0.3 is 6.18 Å². The van der Waals surface area contributed by atoms with Crippen molar-refractivity contribution < 1.29 is 22.5 Å². The maximum Gasteiger partial charge on any atom is 0.416 e. The van der Waals surface area contributed by atoms with Gasteiger partial charge in [-0.2, -0.15) is 18.2 Å². The van der Waals surface area contributed by atoms with E-state index in [9.17, 15) is 18.0 Å². The minimum atomic E-state index is -4.45. The smallest absolute Gasteiger partial charge is 0.336 e. The number of nitrogens with zero attached hydrogens (tertiary/aromatic N) is 6. The molecule has 0 aliphatic carbocycles. The van der Waals surface area contributed by atoms with Crippen molar-refractivity contribution in [1.82, 2.24) is 29.5 Å². The van der Waals surface area contributed by atoms with Crippen molar-refractivity contribution in [2.75, 3.05) is 26.2 Å². The van der Waals surface area contributed by atoms with Crippen LogP contribution in [-0.4, -0.2) is 61.6 Å². The largest absolute Gasteiger partial charge is 0.416 e. The number of rotatable bonds is 5. The fourth-order valence-electron chi connectivity index (χ4n) is 4.51. The molecule has 0 bridgehead atoms. The quantitative estimate of drug-likeness (QED) is 0.290. The van der Waals surface area contributed by atoms with E-state index in [1.54, 1.807) is 6.07 Å². The van der Waals surface area contributed by atoms with Crippen molar-refractivity contribution in [3.05, 3.63) is 83.4 Å². The first-order valence-corrected chi connectivity index (χ1v) is 13.0. The Labute approximate surface area is 224 Å². The van der Waals surface area contributed by atoms with Gasteiger partial charge in [-0.25, -0.2) is 0 Å². The predicted molar refractivity (Wildman–Crippen MR) is 139 cm³/mol. The fourth-order valence-corrected chi connectivity index (χ4v) is 5.05. The average Bonchev–Trinajstić information content (AvgIpc) is 3.63. The Hall–Kier alpha value is -4.16. The number of fused-ring (bicyclic) bond motifs is 1. The van der Waals surface area contributed by atoms with Crippen molar-refractivity contribution in [1.29, 1.82) is 0 Å². The van der Waals surface area contributed by atoms with Gasteiger partial charge in [0.2, 0.25) is 5.82 Å². The van der Waals surface area contributed by atoms with Crippen LogP contribution in [0, 0.1) is 0 Å². The first-order chi connectivity index (χ1) is 18.8. The third-order valence-corrected chi connectivity index (χ3v) is 7.34. The van der Waals surface area contributed by atoms with E-state index in [-0.39, 0.29) is 17.4 Å². The van der Waals surface area contributed by atoms with Gasteiger partial charge in [-0.1, -0.05) is 40.0 Å². The molecule has 3 aromatic carbocycles. The van der Waals surface area contributed by atoms with Crippen LogP contribution in [0.15, 0.2) is 71.3 Å². The minimum Gasteiger partial charge on any atom is -0.336 e. The van der Waals surface area contributed by atoms with Crippen LogP contribution in [0.1, 0.15) is 21.5 Å². The Morgan fingerprint density at radius 3 is 2.51 bits per heavy atom. The summed E-state index contributed by atoms with van der Waals surface area (Å²) in [7, 11) is 0. The first-order valence-electron chi connectivity index (χ1n) is 12.2. The normalized spacial score (nSPS) is 14.7. The molecule has 5 aromatic rings. The Bertz CT molecular complexity index is 1620. The lowest BCUT2D eigenvalue weighted by molar-refractivity contribution is -0.137. The minimum absolute atomic E-state index is 0.00137. The van der Waals surface area contributed by atoms with E-state index in [1.165, 1.54) is 23.7 Å². The molecule has 1 saturated heterocycles. The Morgan fingerprint density at radius 2 is 1.74 bits per heavy atom. The second-order valence-electron chi connectivity index (χ2n) is 9.22. The number of piperazine rings is 1. The molecule has 0 unspecified atom stereocenters. The summed E-state index contributed by atoms with van der Waals surface area (Å²) in [6.07, 6.45) is -4.45. The zero-order chi connectivity index (χ0) is 27.0. The van der Waals surface area contributed by atoms with Crippen LogP contribution in [0.25, 0.3) is 33.1 Å². The van der Waals surface area contributed by atoms with Crippen LogP contribution < -0.4 is 0 Å². The number of aromatic nitrogens is 4. The monoisotopic (exact) mass is 550 g/mol. The van der Waals surface area contributed by atoms with E-state index in [1.807, 2.05) is 41.3 Å². The van der Waals surface area contributed by atoms with Gasteiger partial charge in [-0.05, 0) is 53.5 Å². The third kappa shape index (κ3) is 5.38. The van der Waals surface area contributed by atoms with Gasteiger partial charge < -0.3 is 9.42 Å². The van der Waals surface area contributed by atoms with Gasteiger partial charge in [0.25, 0.3) is 11.8 Å². The average molecular weight is 551 g/mol. The van der Waals surface area contributed by atoms with Gasteiger partial charge in [0.15, 0.2) is 0 Å². The van der Waals surface area contributed by atoms with E-state index in [0.717, 1.165) is 47.5 Å². The Morgan fingerprint density at radius 1 is 0.949 bits per heavy atom. The molecule has 0 saturated carbocycles. The van der Waals surface area contributed by atoms with Gasteiger partial charge in [0.1, 0.15) is 5.52 Å². The van der Waals surface area contributed by atoms with Crippen LogP contribution in [0.3, 0.4) is 0 Å². The van der Waals surface area contributed by atoms with Gasteiger partial charge in [0.05, 0.1) is 10.3 Å². The highest BCUT2D eigenvalue weighted by molar-refractivity contribution is 7.12. The van der Waals surface area contributed by atoms with Crippen molar-refractivity contribution in [3.63, 3.8) is 0 Å².